The van der Waals surface area contributed by atoms with E-state index in [2.05, 4.69) is 0 Å². The first-order chi connectivity index (χ1) is 6.22. The van der Waals surface area contributed by atoms with Crippen LogP contribution in [-0.4, -0.2) is 18.8 Å². The van der Waals surface area contributed by atoms with Crippen molar-refractivity contribution < 1.29 is 9.53 Å². The van der Waals surface area contributed by atoms with Crippen molar-refractivity contribution in [2.24, 2.45) is 0 Å². The van der Waals surface area contributed by atoms with E-state index in [-0.39, 0.29) is 11.7 Å². The normalized spacial score (nSPS) is 10.0. The molecular weight excluding hydrogens is 184 g/mol. The van der Waals surface area contributed by atoms with E-state index in [1.807, 2.05) is 31.2 Å². The van der Waals surface area contributed by atoms with Crippen molar-refractivity contribution in [3.05, 3.63) is 29.8 Å². The lowest BCUT2D eigenvalue weighted by Crippen LogP contribution is -2.00. The summed E-state index contributed by atoms with van der Waals surface area (Å²) in [5, 5.41) is 0.0337. The van der Waals surface area contributed by atoms with Crippen LogP contribution in [0.15, 0.2) is 29.2 Å². The van der Waals surface area contributed by atoms with Gasteiger partial charge in [-0.25, -0.2) is 0 Å². The summed E-state index contributed by atoms with van der Waals surface area (Å²) in [6, 6.07) is 7.85. The predicted octanol–water partition coefficient (Wildman–Crippen LogP) is 2.26. The fourth-order valence-electron chi connectivity index (χ4n) is 0.885. The second-order valence-electron chi connectivity index (χ2n) is 2.72. The van der Waals surface area contributed by atoms with E-state index in [0.717, 1.165) is 4.90 Å². The Bertz CT molecular complexity index is 279. The van der Waals surface area contributed by atoms with E-state index in [0.29, 0.717) is 0 Å². The topological polar surface area (TPSA) is 26.3 Å². The molecule has 3 heteroatoms. The van der Waals surface area contributed by atoms with Crippen LogP contribution in [0.1, 0.15) is 5.56 Å². The molecule has 0 bridgehead atoms. The number of benzene rings is 1. The number of rotatable bonds is 3. The van der Waals surface area contributed by atoms with Crippen molar-refractivity contribution in [1.29, 1.82) is 0 Å². The summed E-state index contributed by atoms with van der Waals surface area (Å²) < 4.78 is 4.73. The molecule has 0 radical (unpaired) electrons. The molecule has 0 spiro atoms. The van der Waals surface area contributed by atoms with Crippen LogP contribution in [0.3, 0.4) is 0 Å². The molecule has 0 aliphatic heterocycles. The highest BCUT2D eigenvalue weighted by molar-refractivity contribution is 8.13. The van der Waals surface area contributed by atoms with Gasteiger partial charge in [0.25, 0.3) is 0 Å². The molecule has 0 saturated heterocycles. The van der Waals surface area contributed by atoms with Crippen molar-refractivity contribution in [2.45, 2.75) is 11.8 Å². The molecule has 0 unspecified atom stereocenters. The molecule has 0 aliphatic rings. The number of aryl methyl sites for hydroxylation is 1. The summed E-state index contributed by atoms with van der Waals surface area (Å²) in [6.07, 6.45) is 0. The number of hydrogen-bond donors (Lipinski definition) is 0. The summed E-state index contributed by atoms with van der Waals surface area (Å²) in [7, 11) is 1.52. The Kier molecular flexibility index (Phi) is 3.99. The third-order valence-electron chi connectivity index (χ3n) is 1.51. The molecule has 0 saturated carbocycles. The largest absolute Gasteiger partial charge is 0.376 e. The van der Waals surface area contributed by atoms with Crippen LogP contribution in [0.25, 0.3) is 0 Å². The Labute approximate surface area is 82.3 Å². The molecule has 70 valence electrons. The summed E-state index contributed by atoms with van der Waals surface area (Å²) in [6.45, 7) is 2.18. The molecule has 1 rings (SSSR count). The molecule has 13 heavy (non-hydrogen) atoms. The lowest BCUT2D eigenvalue weighted by Gasteiger charge is -1.99. The van der Waals surface area contributed by atoms with Crippen molar-refractivity contribution in [2.75, 3.05) is 13.7 Å². The van der Waals surface area contributed by atoms with Crippen LogP contribution < -0.4 is 0 Å². The standard InChI is InChI=1S/C10H12O2S/c1-8-3-5-9(6-4-8)13-10(11)7-12-2/h3-6H,7H2,1-2H3. The number of carbonyl (C=O) groups excluding carboxylic acids is 1. The molecule has 0 fully saturated rings. The summed E-state index contributed by atoms with van der Waals surface area (Å²) in [5.74, 6) is 0. The molecule has 1 aromatic rings. The maximum absolute atomic E-state index is 11.1. The van der Waals surface area contributed by atoms with Gasteiger partial charge in [0.2, 0.25) is 5.12 Å². The van der Waals surface area contributed by atoms with E-state index >= 15 is 0 Å². The van der Waals surface area contributed by atoms with E-state index in [1.54, 1.807) is 0 Å². The Morgan fingerprint density at radius 3 is 2.54 bits per heavy atom. The Morgan fingerprint density at radius 1 is 1.38 bits per heavy atom. The van der Waals surface area contributed by atoms with Crippen LogP contribution in [-0.2, 0) is 9.53 Å². The Morgan fingerprint density at radius 2 is 2.00 bits per heavy atom. The minimum Gasteiger partial charge on any atom is -0.376 e. The van der Waals surface area contributed by atoms with Gasteiger partial charge in [-0.15, -0.1) is 0 Å². The van der Waals surface area contributed by atoms with Gasteiger partial charge in [0.1, 0.15) is 6.61 Å². The zero-order valence-electron chi connectivity index (χ0n) is 7.74. The molecular formula is C10H12O2S. The van der Waals surface area contributed by atoms with E-state index < -0.39 is 0 Å². The van der Waals surface area contributed by atoms with Gasteiger partial charge in [-0.1, -0.05) is 17.7 Å². The number of thioether (sulfide) groups is 1. The fourth-order valence-corrected chi connectivity index (χ4v) is 1.60. The first-order valence-corrected chi connectivity index (χ1v) is 4.80. The Hall–Kier alpha value is -0.800. The van der Waals surface area contributed by atoms with Gasteiger partial charge in [-0.2, -0.15) is 0 Å². The molecule has 2 nitrogen and oxygen atoms in total. The van der Waals surface area contributed by atoms with Crippen LogP contribution in [0.4, 0.5) is 0 Å². The predicted molar refractivity (Wildman–Crippen MR) is 53.9 cm³/mol. The van der Waals surface area contributed by atoms with Crippen LogP contribution in [0, 0.1) is 6.92 Å². The van der Waals surface area contributed by atoms with Gasteiger partial charge >= 0.3 is 0 Å². The van der Waals surface area contributed by atoms with E-state index in [9.17, 15) is 4.79 Å². The monoisotopic (exact) mass is 196 g/mol. The third kappa shape index (κ3) is 3.61. The zero-order valence-corrected chi connectivity index (χ0v) is 8.56. The lowest BCUT2D eigenvalue weighted by molar-refractivity contribution is -0.114. The first kappa shape index (κ1) is 10.3. The summed E-state index contributed by atoms with van der Waals surface area (Å²) in [4.78, 5) is 12.1. The fraction of sp³-hybridized carbons (Fsp3) is 0.300. The zero-order chi connectivity index (χ0) is 9.68. The second kappa shape index (κ2) is 5.04. The van der Waals surface area contributed by atoms with Crippen molar-refractivity contribution in [3.8, 4) is 0 Å². The van der Waals surface area contributed by atoms with Gasteiger partial charge in [0.15, 0.2) is 0 Å². The van der Waals surface area contributed by atoms with Crippen molar-refractivity contribution >= 4 is 16.9 Å². The minimum atomic E-state index is 0.0337. The maximum Gasteiger partial charge on any atom is 0.219 e. The second-order valence-corrected chi connectivity index (χ2v) is 3.85. The average molecular weight is 196 g/mol. The molecule has 0 aromatic heterocycles. The molecule has 1 aromatic carbocycles. The number of methoxy groups -OCH3 is 1. The third-order valence-corrected chi connectivity index (χ3v) is 2.37. The minimum absolute atomic E-state index is 0.0337. The van der Waals surface area contributed by atoms with Gasteiger partial charge in [-0.05, 0) is 30.8 Å². The van der Waals surface area contributed by atoms with E-state index in [4.69, 9.17) is 4.74 Å². The highest BCUT2D eigenvalue weighted by Gasteiger charge is 2.02. The smallest absolute Gasteiger partial charge is 0.219 e. The number of carbonyl (C=O) groups is 1. The summed E-state index contributed by atoms with van der Waals surface area (Å²) in [5.41, 5.74) is 1.20. The van der Waals surface area contributed by atoms with Crippen LogP contribution in [0.5, 0.6) is 0 Å². The van der Waals surface area contributed by atoms with Crippen molar-refractivity contribution in [3.63, 3.8) is 0 Å². The van der Waals surface area contributed by atoms with Crippen LogP contribution in [0.2, 0.25) is 0 Å². The molecule has 0 heterocycles. The molecule has 0 atom stereocenters. The Balaban J connectivity index is 2.54. The maximum atomic E-state index is 11.1. The first-order valence-electron chi connectivity index (χ1n) is 3.98. The highest BCUT2D eigenvalue weighted by Crippen LogP contribution is 2.18. The van der Waals surface area contributed by atoms with Gasteiger partial charge in [0.05, 0.1) is 0 Å². The lowest BCUT2D eigenvalue weighted by atomic mass is 10.2. The number of hydrogen-bond acceptors (Lipinski definition) is 3. The van der Waals surface area contributed by atoms with E-state index in [1.165, 1.54) is 24.4 Å². The average Bonchev–Trinajstić information content (AvgIpc) is 2.09. The quantitative estimate of drug-likeness (QED) is 0.694. The van der Waals surface area contributed by atoms with Crippen molar-refractivity contribution in [1.82, 2.24) is 0 Å². The van der Waals surface area contributed by atoms with Gasteiger partial charge < -0.3 is 4.74 Å². The van der Waals surface area contributed by atoms with Gasteiger partial charge in [-0.3, -0.25) is 4.79 Å². The van der Waals surface area contributed by atoms with Gasteiger partial charge in [0, 0.05) is 12.0 Å². The highest BCUT2D eigenvalue weighted by atomic mass is 32.2. The SMILES string of the molecule is COCC(=O)Sc1ccc(C)cc1. The molecule has 0 aliphatic carbocycles. The van der Waals surface area contributed by atoms with Crippen LogP contribution >= 0.6 is 11.8 Å². The molecule has 0 N–H and O–H groups in total. The molecule has 0 amide bonds. The summed E-state index contributed by atoms with van der Waals surface area (Å²) >= 11 is 1.21. The number of ether oxygens (including phenoxy) is 1.